The number of phenols is 1. The molecule has 0 spiro atoms. The van der Waals surface area contributed by atoms with E-state index in [2.05, 4.69) is 40.8 Å². The molecule has 3 atom stereocenters. The Morgan fingerprint density at radius 3 is 2.75 bits per heavy atom. The van der Waals surface area contributed by atoms with Crippen molar-refractivity contribution in [2.45, 2.75) is 57.5 Å². The highest BCUT2D eigenvalue weighted by Gasteiger charge is 2.43. The van der Waals surface area contributed by atoms with E-state index >= 15 is 0 Å². The van der Waals surface area contributed by atoms with Crippen LogP contribution in [0.15, 0.2) is 48.7 Å². The number of esters is 1. The van der Waals surface area contributed by atoms with Crippen molar-refractivity contribution in [3.05, 3.63) is 65.4 Å². The fourth-order valence-electron chi connectivity index (χ4n) is 6.44. The summed E-state index contributed by atoms with van der Waals surface area (Å²) in [5.41, 5.74) is 4.49. The van der Waals surface area contributed by atoms with E-state index in [1.165, 1.54) is 47.0 Å². The number of phenolic OH excluding ortho intramolecular Hbond substituents is 1. The normalized spacial score (nSPS) is 23.4. The molecule has 1 aliphatic heterocycles. The van der Waals surface area contributed by atoms with Crippen molar-refractivity contribution in [3.63, 3.8) is 0 Å². The van der Waals surface area contributed by atoms with E-state index in [0.717, 1.165) is 38.3 Å². The molecular formula is C30H34N2O4. The van der Waals surface area contributed by atoms with Gasteiger partial charge in [0.25, 0.3) is 0 Å². The van der Waals surface area contributed by atoms with Crippen molar-refractivity contribution in [2.75, 3.05) is 19.7 Å². The Labute approximate surface area is 211 Å². The SMILES string of the molecule is CCCN1C[C@H](C(=O)OCC(=O)c2cccc(O)c2)C[C@@H]2c3cccc4c3c(cn4CC3CC3)C[C@H]21. The highest BCUT2D eigenvalue weighted by atomic mass is 16.5. The average molecular weight is 487 g/mol. The van der Waals surface area contributed by atoms with Gasteiger partial charge in [0.2, 0.25) is 0 Å². The Balaban J connectivity index is 1.23. The Morgan fingerprint density at radius 1 is 1.14 bits per heavy atom. The van der Waals surface area contributed by atoms with Gasteiger partial charge < -0.3 is 14.4 Å². The molecule has 6 rings (SSSR count). The second kappa shape index (κ2) is 9.40. The summed E-state index contributed by atoms with van der Waals surface area (Å²) in [6.45, 7) is 4.61. The second-order valence-corrected chi connectivity index (χ2v) is 10.9. The number of aromatic nitrogens is 1. The number of Topliss-reactive ketones (excluding diaryl/α,β-unsaturated/α-hetero) is 1. The van der Waals surface area contributed by atoms with Crippen LogP contribution in [0.2, 0.25) is 0 Å². The van der Waals surface area contributed by atoms with Crippen molar-refractivity contribution in [1.82, 2.24) is 9.47 Å². The van der Waals surface area contributed by atoms with Gasteiger partial charge in [-0.05, 0) is 73.9 Å². The van der Waals surface area contributed by atoms with Crippen LogP contribution < -0.4 is 0 Å². The molecule has 2 aromatic carbocycles. The summed E-state index contributed by atoms with van der Waals surface area (Å²) >= 11 is 0. The lowest BCUT2D eigenvalue weighted by atomic mass is 9.72. The molecule has 6 nitrogen and oxygen atoms in total. The molecule has 0 unspecified atom stereocenters. The van der Waals surface area contributed by atoms with Crippen LogP contribution in [0.25, 0.3) is 10.9 Å². The first-order valence-electron chi connectivity index (χ1n) is 13.4. The van der Waals surface area contributed by atoms with Crippen molar-refractivity contribution >= 4 is 22.7 Å². The van der Waals surface area contributed by atoms with Gasteiger partial charge in [-0.2, -0.15) is 0 Å². The smallest absolute Gasteiger partial charge is 0.310 e. The number of piperidine rings is 1. The van der Waals surface area contributed by atoms with E-state index in [1.54, 1.807) is 12.1 Å². The summed E-state index contributed by atoms with van der Waals surface area (Å²) in [7, 11) is 0. The minimum atomic E-state index is -0.303. The Hall–Kier alpha value is -3.12. The lowest BCUT2D eigenvalue weighted by Crippen LogP contribution is -2.52. The van der Waals surface area contributed by atoms with Crippen LogP contribution in [0.1, 0.15) is 60.0 Å². The first kappa shape index (κ1) is 23.3. The van der Waals surface area contributed by atoms with Gasteiger partial charge in [0, 0.05) is 47.7 Å². The molecule has 3 aliphatic rings. The Bertz CT molecular complexity index is 1310. The first-order chi connectivity index (χ1) is 17.5. The fourth-order valence-corrected chi connectivity index (χ4v) is 6.44. The van der Waals surface area contributed by atoms with Crippen molar-refractivity contribution in [1.29, 1.82) is 0 Å². The van der Waals surface area contributed by atoms with Gasteiger partial charge in [0.05, 0.1) is 5.92 Å². The van der Waals surface area contributed by atoms with Crippen LogP contribution in [-0.4, -0.2) is 52.1 Å². The number of likely N-dealkylation sites (tertiary alicyclic amines) is 1. The van der Waals surface area contributed by atoms with Gasteiger partial charge in [-0.1, -0.05) is 31.2 Å². The maximum atomic E-state index is 13.2. The van der Waals surface area contributed by atoms with Crippen molar-refractivity contribution < 1.29 is 19.4 Å². The van der Waals surface area contributed by atoms with Gasteiger partial charge in [-0.25, -0.2) is 0 Å². The number of ketones is 1. The number of ether oxygens (including phenoxy) is 1. The molecule has 2 aliphatic carbocycles. The number of benzene rings is 2. The number of nitrogens with zero attached hydrogens (tertiary/aromatic N) is 2. The number of carbonyl (C=O) groups excluding carboxylic acids is 2. The number of rotatable bonds is 8. The number of hydrogen-bond acceptors (Lipinski definition) is 5. The average Bonchev–Trinajstić information content (AvgIpc) is 3.64. The van der Waals surface area contributed by atoms with Gasteiger partial charge in [-0.15, -0.1) is 0 Å². The van der Waals surface area contributed by atoms with E-state index in [9.17, 15) is 14.7 Å². The van der Waals surface area contributed by atoms with E-state index in [-0.39, 0.29) is 35.9 Å². The maximum absolute atomic E-state index is 13.2. The van der Waals surface area contributed by atoms with E-state index < -0.39 is 0 Å². The first-order valence-corrected chi connectivity index (χ1v) is 13.4. The van der Waals surface area contributed by atoms with Gasteiger partial charge in [0.15, 0.2) is 12.4 Å². The zero-order valence-corrected chi connectivity index (χ0v) is 20.9. The third-order valence-corrected chi connectivity index (χ3v) is 8.28. The quantitative estimate of drug-likeness (QED) is 0.361. The molecule has 2 fully saturated rings. The minimum Gasteiger partial charge on any atom is -0.508 e. The van der Waals surface area contributed by atoms with E-state index in [1.807, 2.05) is 0 Å². The molecule has 6 heteroatoms. The fraction of sp³-hybridized carbons (Fsp3) is 0.467. The molecular weight excluding hydrogens is 452 g/mol. The Kier molecular flexibility index (Phi) is 6.08. The standard InChI is InChI=1S/C30H34N2O4/c1-2-11-31-17-22(30(35)36-18-28(34)20-5-3-6-23(33)12-20)13-25-24-7-4-8-26-29(24)21(14-27(25)31)16-32(26)15-19-9-10-19/h3-8,12,16,19,22,25,27,33H,2,9-11,13-15,17-18H2,1H3/t22-,25-,27-/m1/s1. The molecule has 0 amide bonds. The van der Waals surface area contributed by atoms with Crippen LogP contribution >= 0.6 is 0 Å². The summed E-state index contributed by atoms with van der Waals surface area (Å²) in [6, 6.07) is 13.2. The molecule has 0 radical (unpaired) electrons. The lowest BCUT2D eigenvalue weighted by Gasteiger charge is -2.46. The van der Waals surface area contributed by atoms with Gasteiger partial charge in [0.1, 0.15) is 5.75 Å². The third kappa shape index (κ3) is 4.32. The van der Waals surface area contributed by atoms with Crippen LogP contribution in [0, 0.1) is 11.8 Å². The molecule has 1 aromatic heterocycles. The zero-order valence-electron chi connectivity index (χ0n) is 20.9. The minimum absolute atomic E-state index is 0.0255. The van der Waals surface area contributed by atoms with E-state index in [0.29, 0.717) is 18.2 Å². The molecule has 0 bridgehead atoms. The van der Waals surface area contributed by atoms with Gasteiger partial charge >= 0.3 is 5.97 Å². The lowest BCUT2D eigenvalue weighted by molar-refractivity contribution is -0.150. The number of aromatic hydroxyl groups is 1. The van der Waals surface area contributed by atoms with Crippen LogP contribution in [0.5, 0.6) is 5.75 Å². The monoisotopic (exact) mass is 486 g/mol. The molecule has 188 valence electrons. The highest BCUT2D eigenvalue weighted by molar-refractivity contribution is 5.98. The van der Waals surface area contributed by atoms with Crippen molar-refractivity contribution in [3.8, 4) is 5.75 Å². The topological polar surface area (TPSA) is 71.8 Å². The van der Waals surface area contributed by atoms with Crippen LogP contribution in [0.4, 0.5) is 0 Å². The summed E-state index contributed by atoms with van der Waals surface area (Å²) in [6.07, 6.45) is 7.86. The number of fused-ring (bicyclic) bond motifs is 2. The summed E-state index contributed by atoms with van der Waals surface area (Å²) in [4.78, 5) is 28.2. The predicted molar refractivity (Wildman–Crippen MR) is 138 cm³/mol. The summed E-state index contributed by atoms with van der Waals surface area (Å²) < 4.78 is 8.00. The maximum Gasteiger partial charge on any atom is 0.310 e. The largest absolute Gasteiger partial charge is 0.508 e. The highest BCUT2D eigenvalue weighted by Crippen LogP contribution is 2.46. The predicted octanol–water partition coefficient (Wildman–Crippen LogP) is 4.92. The molecule has 1 saturated heterocycles. The molecule has 1 N–H and O–H groups in total. The molecule has 2 heterocycles. The summed E-state index contributed by atoms with van der Waals surface area (Å²) in [5, 5.41) is 11.0. The van der Waals surface area contributed by atoms with E-state index in [4.69, 9.17) is 4.74 Å². The second-order valence-electron chi connectivity index (χ2n) is 10.9. The zero-order chi connectivity index (χ0) is 24.8. The molecule has 1 saturated carbocycles. The summed E-state index contributed by atoms with van der Waals surface area (Å²) in [5.74, 6) is 0.253. The number of carbonyl (C=O) groups is 2. The Morgan fingerprint density at radius 2 is 1.97 bits per heavy atom. The number of hydrogen-bond donors (Lipinski definition) is 1. The third-order valence-electron chi connectivity index (χ3n) is 8.28. The van der Waals surface area contributed by atoms with Gasteiger partial charge in [-0.3, -0.25) is 14.5 Å². The van der Waals surface area contributed by atoms with Crippen molar-refractivity contribution in [2.24, 2.45) is 11.8 Å². The molecule has 3 aromatic rings. The molecule has 36 heavy (non-hydrogen) atoms. The van der Waals surface area contributed by atoms with Crippen LogP contribution in [-0.2, 0) is 22.5 Å². The van der Waals surface area contributed by atoms with Crippen LogP contribution in [0.3, 0.4) is 0 Å².